The number of halogens is 1. The first-order chi connectivity index (χ1) is 17.2. The first-order valence-electron chi connectivity index (χ1n) is 12.8. The molecular formula is C26H38FN7O2. The van der Waals surface area contributed by atoms with Gasteiger partial charge in [0, 0.05) is 56.8 Å². The predicted octanol–water partition coefficient (Wildman–Crippen LogP) is 3.17. The average Bonchev–Trinajstić information content (AvgIpc) is 3.26. The lowest BCUT2D eigenvalue weighted by Gasteiger charge is -2.52. The second kappa shape index (κ2) is 10.6. The Hall–Kier alpha value is -2.85. The van der Waals surface area contributed by atoms with Gasteiger partial charge >= 0.3 is 0 Å². The number of carbonyl (C=O) groups is 1. The smallest absolute Gasteiger partial charge is 0.282 e. The van der Waals surface area contributed by atoms with E-state index in [2.05, 4.69) is 38.8 Å². The Balaban J connectivity index is 1.54. The molecule has 196 valence electrons. The van der Waals surface area contributed by atoms with Crippen LogP contribution in [0.25, 0.3) is 0 Å². The van der Waals surface area contributed by atoms with Gasteiger partial charge in [-0.15, -0.1) is 10.2 Å². The minimum absolute atomic E-state index is 0.0373. The van der Waals surface area contributed by atoms with Gasteiger partial charge in [0.05, 0.1) is 5.56 Å². The van der Waals surface area contributed by atoms with Gasteiger partial charge in [0.25, 0.3) is 11.8 Å². The zero-order chi connectivity index (χ0) is 26.0. The van der Waals surface area contributed by atoms with Crippen molar-refractivity contribution in [2.75, 3.05) is 44.2 Å². The number of anilines is 1. The lowest BCUT2D eigenvalue weighted by atomic mass is 9.77. The third kappa shape index (κ3) is 5.15. The average molecular weight is 500 g/mol. The molecule has 36 heavy (non-hydrogen) atoms. The van der Waals surface area contributed by atoms with Crippen molar-refractivity contribution in [1.82, 2.24) is 25.0 Å². The van der Waals surface area contributed by atoms with E-state index in [0.29, 0.717) is 30.9 Å². The van der Waals surface area contributed by atoms with Crippen LogP contribution in [0.1, 0.15) is 51.4 Å². The molecule has 2 aromatic rings. The molecule has 9 nitrogen and oxygen atoms in total. The number of nitrogens with two attached hydrogens (primary N) is 1. The fourth-order valence-corrected chi connectivity index (χ4v) is 5.57. The molecule has 1 aromatic carbocycles. The standard InChI is InChI=1S/C26H38FN7O2/c1-6-34(18(4)5)25(35)20-11-19(27)7-8-22(20)36-24-23(29-16-30-31-24)32-10-9-26(13-32)14-33(15-26)21(12-28)17(2)3/h7-8,11,16-18,21H,6,9-10,12-15,28H2,1-5H3/t21-/m0/s1. The van der Waals surface area contributed by atoms with Crippen LogP contribution in [0, 0.1) is 17.2 Å². The molecule has 10 heteroatoms. The molecule has 2 fully saturated rings. The highest BCUT2D eigenvalue weighted by atomic mass is 19.1. The van der Waals surface area contributed by atoms with Crippen LogP contribution in [-0.4, -0.2) is 82.2 Å². The first kappa shape index (κ1) is 26.2. The van der Waals surface area contributed by atoms with Gasteiger partial charge in [-0.25, -0.2) is 9.37 Å². The Morgan fingerprint density at radius 3 is 2.64 bits per heavy atom. The molecule has 0 unspecified atom stereocenters. The molecule has 2 saturated heterocycles. The normalized spacial score (nSPS) is 18.1. The van der Waals surface area contributed by atoms with Crippen molar-refractivity contribution in [3.05, 3.63) is 35.9 Å². The molecule has 2 N–H and O–H groups in total. The van der Waals surface area contributed by atoms with E-state index in [4.69, 9.17) is 10.5 Å². The van der Waals surface area contributed by atoms with Gasteiger partial charge in [0.1, 0.15) is 17.9 Å². The number of hydrogen-bond donors (Lipinski definition) is 1. The molecule has 0 radical (unpaired) electrons. The number of rotatable bonds is 9. The van der Waals surface area contributed by atoms with Crippen LogP contribution in [0.4, 0.5) is 10.2 Å². The summed E-state index contributed by atoms with van der Waals surface area (Å²) < 4.78 is 20.3. The summed E-state index contributed by atoms with van der Waals surface area (Å²) in [7, 11) is 0. The quantitative estimate of drug-likeness (QED) is 0.562. The molecule has 2 aliphatic rings. The number of likely N-dealkylation sites (tertiary alicyclic amines) is 1. The third-order valence-electron chi connectivity index (χ3n) is 7.47. The van der Waals surface area contributed by atoms with Gasteiger partial charge in [0.2, 0.25) is 0 Å². The summed E-state index contributed by atoms with van der Waals surface area (Å²) in [5.41, 5.74) is 6.37. The van der Waals surface area contributed by atoms with Gasteiger partial charge in [-0.2, -0.15) is 0 Å². The maximum absolute atomic E-state index is 14.1. The maximum atomic E-state index is 14.1. The molecule has 1 atom stereocenters. The van der Waals surface area contributed by atoms with Crippen molar-refractivity contribution in [1.29, 1.82) is 0 Å². The minimum atomic E-state index is -0.504. The zero-order valence-corrected chi connectivity index (χ0v) is 21.9. The Kier molecular flexibility index (Phi) is 7.75. The molecule has 2 aliphatic heterocycles. The second-order valence-electron chi connectivity index (χ2n) is 10.6. The van der Waals surface area contributed by atoms with Gasteiger partial charge in [-0.1, -0.05) is 13.8 Å². The van der Waals surface area contributed by atoms with E-state index in [1.807, 2.05) is 20.8 Å². The van der Waals surface area contributed by atoms with Crippen LogP contribution < -0.4 is 15.4 Å². The summed E-state index contributed by atoms with van der Waals surface area (Å²) in [6.45, 7) is 15.0. The Bertz CT molecular complexity index is 1070. The first-order valence-corrected chi connectivity index (χ1v) is 12.8. The van der Waals surface area contributed by atoms with E-state index in [-0.39, 0.29) is 34.6 Å². The van der Waals surface area contributed by atoms with Crippen LogP contribution in [0.3, 0.4) is 0 Å². The van der Waals surface area contributed by atoms with E-state index in [9.17, 15) is 9.18 Å². The van der Waals surface area contributed by atoms with Gasteiger partial charge in [-0.05, 0) is 51.3 Å². The van der Waals surface area contributed by atoms with E-state index in [0.717, 1.165) is 32.6 Å². The van der Waals surface area contributed by atoms with Crippen molar-refractivity contribution < 1.29 is 13.9 Å². The monoisotopic (exact) mass is 499 g/mol. The molecular weight excluding hydrogens is 461 g/mol. The van der Waals surface area contributed by atoms with E-state index >= 15 is 0 Å². The summed E-state index contributed by atoms with van der Waals surface area (Å²) in [4.78, 5) is 24.0. The summed E-state index contributed by atoms with van der Waals surface area (Å²) >= 11 is 0. The van der Waals surface area contributed by atoms with E-state index in [1.165, 1.54) is 24.5 Å². The highest BCUT2D eigenvalue weighted by molar-refractivity contribution is 5.97. The topological polar surface area (TPSA) is 101 Å². The summed E-state index contributed by atoms with van der Waals surface area (Å²) in [6, 6.07) is 4.31. The Labute approximate surface area is 212 Å². The Morgan fingerprint density at radius 1 is 1.25 bits per heavy atom. The number of benzene rings is 1. The number of nitrogens with zero attached hydrogens (tertiary/aromatic N) is 6. The second-order valence-corrected chi connectivity index (χ2v) is 10.6. The van der Waals surface area contributed by atoms with Gasteiger partial charge in [0.15, 0.2) is 5.82 Å². The maximum Gasteiger partial charge on any atom is 0.282 e. The van der Waals surface area contributed by atoms with E-state index in [1.54, 1.807) is 4.90 Å². The van der Waals surface area contributed by atoms with Crippen molar-refractivity contribution in [3.8, 4) is 11.6 Å². The molecule has 0 aliphatic carbocycles. The van der Waals surface area contributed by atoms with Crippen LogP contribution in [0.5, 0.6) is 11.6 Å². The number of hydrogen-bond acceptors (Lipinski definition) is 8. The molecule has 3 heterocycles. The Morgan fingerprint density at radius 2 is 2.00 bits per heavy atom. The van der Waals surface area contributed by atoms with E-state index < -0.39 is 5.82 Å². The lowest BCUT2D eigenvalue weighted by molar-refractivity contribution is -0.0275. The van der Waals surface area contributed by atoms with Gasteiger partial charge < -0.3 is 20.3 Å². The van der Waals surface area contributed by atoms with Crippen molar-refractivity contribution >= 4 is 11.7 Å². The van der Waals surface area contributed by atoms with Crippen LogP contribution >= 0.6 is 0 Å². The summed E-state index contributed by atoms with van der Waals surface area (Å²) in [6.07, 6.45) is 2.44. The van der Waals surface area contributed by atoms with Crippen LogP contribution in [-0.2, 0) is 0 Å². The molecule has 0 saturated carbocycles. The number of amides is 1. The largest absolute Gasteiger partial charge is 0.434 e. The summed E-state index contributed by atoms with van der Waals surface area (Å²) in [5, 5.41) is 8.11. The fraction of sp³-hybridized carbons (Fsp3) is 0.615. The van der Waals surface area contributed by atoms with Crippen LogP contribution in [0.15, 0.2) is 24.5 Å². The van der Waals surface area contributed by atoms with Gasteiger partial charge in [-0.3, -0.25) is 9.69 Å². The summed E-state index contributed by atoms with van der Waals surface area (Å²) in [5.74, 6) is 0.740. The highest BCUT2D eigenvalue weighted by Gasteiger charge is 2.50. The zero-order valence-electron chi connectivity index (χ0n) is 21.9. The third-order valence-corrected chi connectivity index (χ3v) is 7.47. The molecule has 1 amide bonds. The highest BCUT2D eigenvalue weighted by Crippen LogP contribution is 2.44. The fourth-order valence-electron chi connectivity index (χ4n) is 5.57. The predicted molar refractivity (Wildman–Crippen MR) is 137 cm³/mol. The molecule has 4 rings (SSSR count). The molecule has 0 bridgehead atoms. The van der Waals surface area contributed by atoms with Crippen molar-refractivity contribution in [2.45, 2.75) is 53.1 Å². The number of aromatic nitrogens is 3. The van der Waals surface area contributed by atoms with Crippen molar-refractivity contribution in [2.24, 2.45) is 17.1 Å². The SMILES string of the molecule is CCN(C(=O)c1cc(F)ccc1Oc1nncnc1N1CCC2(C1)CN([C@@H](CN)C(C)C)C2)C(C)C. The minimum Gasteiger partial charge on any atom is -0.434 e. The number of carbonyl (C=O) groups excluding carboxylic acids is 1. The molecule has 1 spiro atoms. The van der Waals surface area contributed by atoms with Crippen molar-refractivity contribution in [3.63, 3.8) is 0 Å². The van der Waals surface area contributed by atoms with Crippen LogP contribution in [0.2, 0.25) is 0 Å². The number of ether oxygens (including phenoxy) is 1. The molecule has 1 aromatic heterocycles. The lowest BCUT2D eigenvalue weighted by Crippen LogP contribution is -2.63.